The molecular weight excluding hydrogens is 431 g/mol. The van der Waals surface area contributed by atoms with Gasteiger partial charge < -0.3 is 5.32 Å². The van der Waals surface area contributed by atoms with Crippen LogP contribution in [-0.2, 0) is 16.6 Å². The van der Waals surface area contributed by atoms with Crippen LogP contribution < -0.4 is 5.32 Å². The first-order valence-electron chi connectivity index (χ1n) is 10.4. The Labute approximate surface area is 186 Å². The molecule has 1 aliphatic rings. The predicted octanol–water partition coefficient (Wildman–Crippen LogP) is 3.39. The summed E-state index contributed by atoms with van der Waals surface area (Å²) in [5, 5.41) is 2.78. The molecule has 32 heavy (non-hydrogen) atoms. The number of halogens is 1. The number of piperidine rings is 1. The molecule has 0 aliphatic carbocycles. The summed E-state index contributed by atoms with van der Waals surface area (Å²) in [6, 6.07) is 13.6. The first-order valence-corrected chi connectivity index (χ1v) is 11.8. The van der Waals surface area contributed by atoms with E-state index in [1.54, 1.807) is 18.2 Å². The Balaban J connectivity index is 1.40. The van der Waals surface area contributed by atoms with Gasteiger partial charge >= 0.3 is 0 Å². The molecule has 1 saturated heterocycles. The lowest BCUT2D eigenvalue weighted by molar-refractivity contribution is 0.0950. The quantitative estimate of drug-likeness (QED) is 0.616. The third-order valence-corrected chi connectivity index (χ3v) is 7.28. The Bertz CT molecular complexity index is 1190. The second-order valence-electron chi connectivity index (χ2n) is 7.57. The fourth-order valence-electron chi connectivity index (χ4n) is 3.58. The molecule has 2 heterocycles. The Morgan fingerprint density at radius 2 is 1.66 bits per heavy atom. The van der Waals surface area contributed by atoms with E-state index in [-0.39, 0.29) is 23.2 Å². The standard InChI is InChI=1S/C23H23FN4O3S/c24-19-8-4-17(5-9-19)22-14-20(26-16-27-22)15-25-23(29)18-6-10-21(11-7-18)32(30,31)28-12-2-1-3-13-28/h4-11,14,16H,1-3,12-13,15H2,(H,25,29). The Morgan fingerprint density at radius 1 is 0.969 bits per heavy atom. The largest absolute Gasteiger partial charge is 0.346 e. The number of sulfonamides is 1. The average Bonchev–Trinajstić information content (AvgIpc) is 2.84. The van der Waals surface area contributed by atoms with Gasteiger partial charge in [0.2, 0.25) is 10.0 Å². The normalized spacial score (nSPS) is 14.8. The number of aromatic nitrogens is 2. The van der Waals surface area contributed by atoms with Crippen LogP contribution in [0.2, 0.25) is 0 Å². The molecule has 1 aliphatic heterocycles. The summed E-state index contributed by atoms with van der Waals surface area (Å²) in [6.07, 6.45) is 4.17. The summed E-state index contributed by atoms with van der Waals surface area (Å²) in [4.78, 5) is 21.1. The molecule has 9 heteroatoms. The molecule has 7 nitrogen and oxygen atoms in total. The van der Waals surface area contributed by atoms with Crippen LogP contribution in [0.25, 0.3) is 11.3 Å². The number of hydrogen-bond donors (Lipinski definition) is 1. The van der Waals surface area contributed by atoms with Gasteiger partial charge in [-0.05, 0) is 67.4 Å². The maximum atomic E-state index is 13.1. The van der Waals surface area contributed by atoms with Gasteiger partial charge in [0.15, 0.2) is 0 Å². The van der Waals surface area contributed by atoms with Crippen molar-refractivity contribution < 1.29 is 17.6 Å². The molecule has 0 saturated carbocycles. The molecule has 1 aromatic heterocycles. The van der Waals surface area contributed by atoms with Gasteiger partial charge in [0.05, 0.1) is 22.8 Å². The molecule has 2 aromatic carbocycles. The highest BCUT2D eigenvalue weighted by molar-refractivity contribution is 7.89. The summed E-state index contributed by atoms with van der Waals surface area (Å²) in [5.41, 5.74) is 2.32. The molecule has 0 spiro atoms. The Morgan fingerprint density at radius 3 is 2.34 bits per heavy atom. The van der Waals surface area contributed by atoms with Gasteiger partial charge in [-0.1, -0.05) is 6.42 Å². The molecular formula is C23H23FN4O3S. The van der Waals surface area contributed by atoms with Gasteiger partial charge in [0.25, 0.3) is 5.91 Å². The number of carbonyl (C=O) groups is 1. The topological polar surface area (TPSA) is 92.3 Å². The van der Waals surface area contributed by atoms with Crippen molar-refractivity contribution in [2.24, 2.45) is 0 Å². The van der Waals surface area contributed by atoms with Gasteiger partial charge in [-0.15, -0.1) is 0 Å². The molecule has 0 bridgehead atoms. The summed E-state index contributed by atoms with van der Waals surface area (Å²) in [7, 11) is -3.53. The van der Waals surface area contributed by atoms with Crippen LogP contribution in [0.15, 0.2) is 65.8 Å². The lowest BCUT2D eigenvalue weighted by Crippen LogP contribution is -2.35. The maximum absolute atomic E-state index is 13.1. The number of hydrogen-bond acceptors (Lipinski definition) is 5. The molecule has 3 aromatic rings. The van der Waals surface area contributed by atoms with E-state index >= 15 is 0 Å². The van der Waals surface area contributed by atoms with Crippen molar-refractivity contribution in [1.82, 2.24) is 19.6 Å². The van der Waals surface area contributed by atoms with E-state index in [0.717, 1.165) is 24.8 Å². The summed E-state index contributed by atoms with van der Waals surface area (Å²) in [5.74, 6) is -0.668. The molecule has 1 N–H and O–H groups in total. The van der Waals surface area contributed by atoms with Crippen LogP contribution in [0, 0.1) is 5.82 Å². The third kappa shape index (κ3) is 5.00. The van der Waals surface area contributed by atoms with E-state index < -0.39 is 10.0 Å². The highest BCUT2D eigenvalue weighted by atomic mass is 32.2. The van der Waals surface area contributed by atoms with Crippen molar-refractivity contribution in [3.63, 3.8) is 0 Å². The molecule has 4 rings (SSSR count). The van der Waals surface area contributed by atoms with E-state index in [1.807, 2.05) is 0 Å². The van der Waals surface area contributed by atoms with Crippen molar-refractivity contribution in [3.05, 3.63) is 78.0 Å². The smallest absolute Gasteiger partial charge is 0.251 e. The van der Waals surface area contributed by atoms with E-state index in [0.29, 0.717) is 30.0 Å². The molecule has 0 unspecified atom stereocenters. The van der Waals surface area contributed by atoms with Gasteiger partial charge in [0, 0.05) is 24.2 Å². The van der Waals surface area contributed by atoms with Gasteiger partial charge in [-0.25, -0.2) is 22.8 Å². The van der Waals surface area contributed by atoms with Crippen LogP contribution in [0.1, 0.15) is 35.3 Å². The number of nitrogens with zero attached hydrogens (tertiary/aromatic N) is 3. The van der Waals surface area contributed by atoms with E-state index in [1.165, 1.54) is 47.0 Å². The first-order chi connectivity index (χ1) is 15.4. The number of rotatable bonds is 6. The van der Waals surface area contributed by atoms with Crippen LogP contribution >= 0.6 is 0 Å². The van der Waals surface area contributed by atoms with Crippen LogP contribution in [0.5, 0.6) is 0 Å². The average molecular weight is 455 g/mol. The predicted molar refractivity (Wildman–Crippen MR) is 118 cm³/mol. The SMILES string of the molecule is O=C(NCc1cc(-c2ccc(F)cc2)ncn1)c1ccc(S(=O)(=O)N2CCCCC2)cc1. The zero-order chi connectivity index (χ0) is 22.6. The summed E-state index contributed by atoms with van der Waals surface area (Å²) >= 11 is 0. The number of carbonyl (C=O) groups excluding carboxylic acids is 1. The van der Waals surface area contributed by atoms with Gasteiger partial charge in [-0.2, -0.15) is 4.31 Å². The minimum absolute atomic E-state index is 0.170. The van der Waals surface area contributed by atoms with Crippen molar-refractivity contribution in [2.75, 3.05) is 13.1 Å². The van der Waals surface area contributed by atoms with Crippen molar-refractivity contribution in [1.29, 1.82) is 0 Å². The van der Waals surface area contributed by atoms with Crippen LogP contribution in [-0.4, -0.2) is 41.7 Å². The Hall–Kier alpha value is -3.17. The van der Waals surface area contributed by atoms with Gasteiger partial charge in [-0.3, -0.25) is 4.79 Å². The monoisotopic (exact) mass is 454 g/mol. The van der Waals surface area contributed by atoms with Crippen LogP contribution in [0.4, 0.5) is 4.39 Å². The number of nitrogens with one attached hydrogen (secondary N) is 1. The third-order valence-electron chi connectivity index (χ3n) is 5.36. The minimum atomic E-state index is -3.53. The maximum Gasteiger partial charge on any atom is 0.251 e. The summed E-state index contributed by atoms with van der Waals surface area (Å²) < 4.78 is 40.1. The highest BCUT2D eigenvalue weighted by Gasteiger charge is 2.25. The molecule has 0 atom stereocenters. The lowest BCUT2D eigenvalue weighted by atomic mass is 10.1. The van der Waals surface area contributed by atoms with Crippen molar-refractivity contribution in [3.8, 4) is 11.3 Å². The van der Waals surface area contributed by atoms with Crippen molar-refractivity contribution in [2.45, 2.75) is 30.7 Å². The minimum Gasteiger partial charge on any atom is -0.346 e. The fraction of sp³-hybridized carbons (Fsp3) is 0.261. The molecule has 166 valence electrons. The van der Waals surface area contributed by atoms with Crippen LogP contribution in [0.3, 0.4) is 0 Å². The van der Waals surface area contributed by atoms with E-state index in [9.17, 15) is 17.6 Å². The number of benzene rings is 2. The zero-order valence-corrected chi connectivity index (χ0v) is 18.2. The molecule has 1 amide bonds. The Kier molecular flexibility index (Phi) is 6.57. The van der Waals surface area contributed by atoms with E-state index in [2.05, 4.69) is 15.3 Å². The second-order valence-corrected chi connectivity index (χ2v) is 9.51. The molecule has 0 radical (unpaired) electrons. The lowest BCUT2D eigenvalue weighted by Gasteiger charge is -2.25. The van der Waals surface area contributed by atoms with E-state index in [4.69, 9.17) is 0 Å². The summed E-state index contributed by atoms with van der Waals surface area (Å²) in [6.45, 7) is 1.23. The first kappa shape index (κ1) is 22.0. The highest BCUT2D eigenvalue weighted by Crippen LogP contribution is 2.21. The second kappa shape index (κ2) is 9.54. The van der Waals surface area contributed by atoms with Gasteiger partial charge in [0.1, 0.15) is 12.1 Å². The molecule has 1 fully saturated rings. The zero-order valence-electron chi connectivity index (χ0n) is 17.4. The van der Waals surface area contributed by atoms with Crippen molar-refractivity contribution >= 4 is 15.9 Å². The number of amides is 1. The fourth-order valence-corrected chi connectivity index (χ4v) is 5.10.